The topological polar surface area (TPSA) is 46.9 Å². The second-order valence-corrected chi connectivity index (χ2v) is 8.99. The molecule has 31 heavy (non-hydrogen) atoms. The molecule has 1 N–H and O–H groups in total. The summed E-state index contributed by atoms with van der Waals surface area (Å²) in [6, 6.07) is 2.68. The fourth-order valence-electron chi connectivity index (χ4n) is 3.98. The van der Waals surface area contributed by atoms with E-state index in [1.807, 2.05) is 0 Å². The molecule has 4 nitrogen and oxygen atoms in total. The molecular weight excluding hydrogens is 430 g/mol. The van der Waals surface area contributed by atoms with Crippen LogP contribution < -0.4 is 10.9 Å². The van der Waals surface area contributed by atoms with E-state index in [2.05, 4.69) is 17.2 Å². The van der Waals surface area contributed by atoms with Crippen LogP contribution in [0.5, 0.6) is 0 Å². The average molecular weight is 454 g/mol. The number of thiophene rings is 1. The first-order valence-electron chi connectivity index (χ1n) is 10.4. The van der Waals surface area contributed by atoms with Crippen molar-refractivity contribution in [2.24, 2.45) is 0 Å². The van der Waals surface area contributed by atoms with Crippen molar-refractivity contribution in [3.63, 3.8) is 0 Å². The molecule has 2 heterocycles. The van der Waals surface area contributed by atoms with Crippen molar-refractivity contribution >= 4 is 21.6 Å². The maximum Gasteiger partial charge on any atom is 0.416 e. The van der Waals surface area contributed by atoms with E-state index in [0.29, 0.717) is 24.4 Å². The van der Waals surface area contributed by atoms with Gasteiger partial charge in [-0.25, -0.2) is 9.37 Å². The summed E-state index contributed by atoms with van der Waals surface area (Å²) in [5.41, 5.74) is 0.283. The molecule has 1 aliphatic carbocycles. The molecule has 4 rings (SSSR count). The van der Waals surface area contributed by atoms with E-state index in [4.69, 9.17) is 0 Å². The van der Waals surface area contributed by atoms with Crippen molar-refractivity contribution < 1.29 is 17.6 Å². The molecule has 0 saturated carbocycles. The lowest BCUT2D eigenvalue weighted by atomic mass is 9.93. The number of rotatable bonds is 6. The number of alkyl halides is 3. The molecule has 9 heteroatoms. The van der Waals surface area contributed by atoms with Crippen LogP contribution in [0.3, 0.4) is 0 Å². The molecule has 0 amide bonds. The third kappa shape index (κ3) is 4.52. The van der Waals surface area contributed by atoms with Crippen molar-refractivity contribution in [1.29, 1.82) is 0 Å². The van der Waals surface area contributed by atoms with Gasteiger partial charge in [-0.05, 0) is 43.4 Å². The molecule has 0 bridgehead atoms. The first-order valence-corrected chi connectivity index (χ1v) is 11.2. The quantitative estimate of drug-likeness (QED) is 0.531. The van der Waals surface area contributed by atoms with Crippen LogP contribution in [0.15, 0.2) is 29.3 Å². The van der Waals surface area contributed by atoms with Gasteiger partial charge in [0.2, 0.25) is 0 Å². The smallest absolute Gasteiger partial charge is 0.309 e. The molecule has 3 aromatic rings. The molecule has 0 unspecified atom stereocenters. The first kappa shape index (κ1) is 22.0. The molecule has 2 aromatic heterocycles. The number of hydrogen-bond donors (Lipinski definition) is 1. The van der Waals surface area contributed by atoms with Crippen LogP contribution in [0.2, 0.25) is 0 Å². The number of aromatic nitrogens is 2. The summed E-state index contributed by atoms with van der Waals surface area (Å²) in [5, 5.41) is 3.97. The molecule has 1 aromatic carbocycles. The minimum Gasteiger partial charge on any atom is -0.309 e. The first-order chi connectivity index (χ1) is 14.8. The second kappa shape index (κ2) is 8.70. The molecule has 0 radical (unpaired) electrons. The van der Waals surface area contributed by atoms with E-state index in [9.17, 15) is 22.4 Å². The summed E-state index contributed by atoms with van der Waals surface area (Å²) in [6.07, 6.45) is 1.15. The van der Waals surface area contributed by atoms with Gasteiger partial charge in [-0.2, -0.15) is 13.2 Å². The predicted molar refractivity (Wildman–Crippen MR) is 113 cm³/mol. The zero-order valence-electron chi connectivity index (χ0n) is 17.1. The van der Waals surface area contributed by atoms with E-state index in [1.165, 1.54) is 17.4 Å². The number of benzene rings is 1. The van der Waals surface area contributed by atoms with Crippen molar-refractivity contribution in [2.75, 3.05) is 0 Å². The van der Waals surface area contributed by atoms with Gasteiger partial charge in [0.15, 0.2) is 0 Å². The number of halogens is 4. The van der Waals surface area contributed by atoms with Crippen LogP contribution in [0, 0.1) is 5.82 Å². The van der Waals surface area contributed by atoms with Crippen LogP contribution >= 0.6 is 11.3 Å². The third-order valence-electron chi connectivity index (χ3n) is 5.75. The lowest BCUT2D eigenvalue weighted by Gasteiger charge is -2.23. The minimum atomic E-state index is -4.56. The maximum absolute atomic E-state index is 14.1. The zero-order valence-corrected chi connectivity index (χ0v) is 17.9. The number of hydrogen-bond acceptors (Lipinski definition) is 4. The molecule has 1 atom stereocenters. The monoisotopic (exact) mass is 453 g/mol. The Hall–Kier alpha value is -2.26. The Morgan fingerprint density at radius 1 is 1.32 bits per heavy atom. The molecule has 0 spiro atoms. The van der Waals surface area contributed by atoms with E-state index >= 15 is 0 Å². The van der Waals surface area contributed by atoms with Gasteiger partial charge in [0.1, 0.15) is 10.6 Å². The van der Waals surface area contributed by atoms with Crippen molar-refractivity contribution in [2.45, 2.75) is 64.3 Å². The van der Waals surface area contributed by atoms with Crippen LogP contribution in [0.25, 0.3) is 10.2 Å². The Bertz CT molecular complexity index is 1150. The number of aryl methyl sites for hydroxylation is 2. The fourth-order valence-corrected chi connectivity index (χ4v) is 5.24. The number of unbranched alkanes of at least 4 members (excludes halogenated alkanes) is 1. The summed E-state index contributed by atoms with van der Waals surface area (Å²) in [4.78, 5) is 19.2. The number of nitrogens with one attached hydrogen (secondary N) is 1. The van der Waals surface area contributed by atoms with E-state index < -0.39 is 17.6 Å². The largest absolute Gasteiger partial charge is 0.416 e. The van der Waals surface area contributed by atoms with Gasteiger partial charge in [-0.15, -0.1) is 11.3 Å². The SMILES string of the molecule is CCCCn1cnc2sc3c(c2c1=O)CC[C@H](NCc1ccc(C(F)(F)F)cc1F)C3. The Morgan fingerprint density at radius 3 is 2.84 bits per heavy atom. The highest BCUT2D eigenvalue weighted by Crippen LogP contribution is 2.34. The van der Waals surface area contributed by atoms with E-state index in [1.54, 1.807) is 10.9 Å². The molecular formula is C22H23F4N3OS. The Balaban J connectivity index is 1.48. The van der Waals surface area contributed by atoms with E-state index in [0.717, 1.165) is 47.0 Å². The lowest BCUT2D eigenvalue weighted by molar-refractivity contribution is -0.137. The highest BCUT2D eigenvalue weighted by molar-refractivity contribution is 7.18. The normalized spacial score (nSPS) is 16.6. The van der Waals surface area contributed by atoms with Crippen molar-refractivity contribution in [1.82, 2.24) is 14.9 Å². The van der Waals surface area contributed by atoms with Crippen molar-refractivity contribution in [3.05, 3.63) is 62.3 Å². The highest BCUT2D eigenvalue weighted by atomic mass is 32.1. The van der Waals surface area contributed by atoms with Crippen LogP contribution in [-0.4, -0.2) is 15.6 Å². The Kier molecular flexibility index (Phi) is 6.16. The lowest BCUT2D eigenvalue weighted by Crippen LogP contribution is -2.34. The van der Waals surface area contributed by atoms with Gasteiger partial charge in [0.25, 0.3) is 5.56 Å². The van der Waals surface area contributed by atoms with Crippen LogP contribution in [0.1, 0.15) is 47.8 Å². The van der Waals surface area contributed by atoms with Crippen LogP contribution in [-0.2, 0) is 32.1 Å². The Labute approximate surface area is 180 Å². The molecule has 0 aliphatic heterocycles. The number of nitrogens with zero attached hydrogens (tertiary/aromatic N) is 2. The average Bonchev–Trinajstić information content (AvgIpc) is 3.10. The standard InChI is InChI=1S/C22H23F4N3OS/c1-2-3-8-29-12-28-20-19(21(29)30)16-7-6-15(10-18(16)31-20)27-11-13-4-5-14(9-17(13)23)22(24,25)26/h4-5,9,12,15,27H,2-3,6-8,10-11H2,1H3/t15-/m0/s1. The van der Waals surface area contributed by atoms with Gasteiger partial charge in [-0.1, -0.05) is 19.4 Å². The van der Waals surface area contributed by atoms with Gasteiger partial charge in [-0.3, -0.25) is 9.36 Å². The molecule has 0 fully saturated rings. The zero-order chi connectivity index (χ0) is 22.2. The predicted octanol–water partition coefficient (Wildman–Crippen LogP) is 5.06. The summed E-state index contributed by atoms with van der Waals surface area (Å²) < 4.78 is 53.9. The summed E-state index contributed by atoms with van der Waals surface area (Å²) in [7, 11) is 0. The summed E-state index contributed by atoms with van der Waals surface area (Å²) in [6.45, 7) is 2.88. The van der Waals surface area contributed by atoms with E-state index in [-0.39, 0.29) is 23.7 Å². The molecule has 1 aliphatic rings. The maximum atomic E-state index is 14.1. The van der Waals surface area contributed by atoms with Crippen molar-refractivity contribution in [3.8, 4) is 0 Å². The van der Waals surface area contributed by atoms with Gasteiger partial charge in [0, 0.05) is 29.6 Å². The summed E-state index contributed by atoms with van der Waals surface area (Å²) >= 11 is 1.52. The number of fused-ring (bicyclic) bond motifs is 3. The summed E-state index contributed by atoms with van der Waals surface area (Å²) in [5.74, 6) is -0.863. The highest BCUT2D eigenvalue weighted by Gasteiger charge is 2.31. The second-order valence-electron chi connectivity index (χ2n) is 7.91. The minimum absolute atomic E-state index is 0.00850. The van der Waals surface area contributed by atoms with Crippen LogP contribution in [0.4, 0.5) is 17.6 Å². The third-order valence-corrected chi connectivity index (χ3v) is 6.91. The van der Waals surface area contributed by atoms with Gasteiger partial charge < -0.3 is 5.32 Å². The fraction of sp³-hybridized carbons (Fsp3) is 0.455. The molecule has 0 saturated heterocycles. The molecule has 166 valence electrons. The van der Waals surface area contributed by atoms with Gasteiger partial charge >= 0.3 is 6.18 Å². The van der Waals surface area contributed by atoms with Gasteiger partial charge in [0.05, 0.1) is 17.3 Å². The Morgan fingerprint density at radius 2 is 2.13 bits per heavy atom.